The Hall–Kier alpha value is -1.81. The van der Waals surface area contributed by atoms with Crippen molar-refractivity contribution in [3.8, 4) is 0 Å². The summed E-state index contributed by atoms with van der Waals surface area (Å²) in [6.45, 7) is 2.88. The van der Waals surface area contributed by atoms with E-state index in [9.17, 15) is 0 Å². The predicted octanol–water partition coefficient (Wildman–Crippen LogP) is 3.54. The van der Waals surface area contributed by atoms with Crippen LogP contribution in [-0.4, -0.2) is 9.97 Å². The molecule has 2 aromatic heterocycles. The van der Waals surface area contributed by atoms with Crippen molar-refractivity contribution in [2.24, 2.45) is 0 Å². The quantitative estimate of drug-likeness (QED) is 0.738. The van der Waals surface area contributed by atoms with Gasteiger partial charge in [-0.05, 0) is 36.8 Å². The number of fused-ring (bicyclic) bond motifs is 1. The topological polar surface area (TPSA) is 40.7 Å². The van der Waals surface area contributed by atoms with Crippen LogP contribution in [0.4, 0.5) is 5.69 Å². The number of nitrogens with zero attached hydrogens (tertiary/aromatic N) is 1. The van der Waals surface area contributed by atoms with Gasteiger partial charge in [-0.25, -0.2) is 4.98 Å². The van der Waals surface area contributed by atoms with E-state index in [4.69, 9.17) is 0 Å². The van der Waals surface area contributed by atoms with Crippen molar-refractivity contribution in [2.45, 2.75) is 13.5 Å². The Morgan fingerprint density at radius 3 is 3.12 bits per heavy atom. The molecule has 0 atom stereocenters. The van der Waals surface area contributed by atoms with E-state index in [0.717, 1.165) is 22.8 Å². The van der Waals surface area contributed by atoms with Crippen LogP contribution in [0.15, 0.2) is 36.7 Å². The second-order valence-corrected chi connectivity index (χ2v) is 5.22. The van der Waals surface area contributed by atoms with Gasteiger partial charge in [0.2, 0.25) is 0 Å². The molecule has 0 saturated heterocycles. The van der Waals surface area contributed by atoms with Crippen LogP contribution >= 0.6 is 11.3 Å². The molecule has 0 bridgehead atoms. The summed E-state index contributed by atoms with van der Waals surface area (Å²) in [5.74, 6) is 0. The van der Waals surface area contributed by atoms with Crippen molar-refractivity contribution in [3.05, 3.63) is 47.2 Å². The van der Waals surface area contributed by atoms with Gasteiger partial charge in [0.25, 0.3) is 0 Å². The van der Waals surface area contributed by atoms with Gasteiger partial charge in [0.15, 0.2) is 0 Å². The molecule has 0 spiro atoms. The molecular weight excluding hydrogens is 230 g/mol. The average Bonchev–Trinajstić information content (AvgIpc) is 2.92. The zero-order chi connectivity index (χ0) is 11.7. The maximum absolute atomic E-state index is 4.45. The van der Waals surface area contributed by atoms with Crippen LogP contribution in [0, 0.1) is 6.92 Å². The number of anilines is 1. The van der Waals surface area contributed by atoms with Gasteiger partial charge < -0.3 is 10.3 Å². The second kappa shape index (κ2) is 4.22. The largest absolute Gasteiger partial charge is 0.381 e. The summed E-state index contributed by atoms with van der Waals surface area (Å²) in [5, 5.41) is 4.52. The van der Waals surface area contributed by atoms with Crippen molar-refractivity contribution < 1.29 is 0 Å². The lowest BCUT2D eigenvalue weighted by Crippen LogP contribution is -1.97. The fourth-order valence-electron chi connectivity index (χ4n) is 1.82. The minimum Gasteiger partial charge on any atom is -0.381 e. The van der Waals surface area contributed by atoms with Gasteiger partial charge in [-0.1, -0.05) is 0 Å². The molecule has 2 heterocycles. The molecule has 17 heavy (non-hydrogen) atoms. The number of aryl methyl sites for hydroxylation is 1. The Kier molecular flexibility index (Phi) is 2.57. The van der Waals surface area contributed by atoms with Crippen molar-refractivity contribution in [1.82, 2.24) is 9.97 Å². The zero-order valence-electron chi connectivity index (χ0n) is 9.53. The van der Waals surface area contributed by atoms with E-state index >= 15 is 0 Å². The minimum atomic E-state index is 0.840. The highest BCUT2D eigenvalue weighted by Gasteiger charge is 2.01. The standard InChI is InChI=1S/C13H13N3S/c1-9-16-12-3-2-11(6-13(12)17-9)15-8-10-4-5-14-7-10/h2-7,14-15H,8H2,1H3. The van der Waals surface area contributed by atoms with Gasteiger partial charge in [-0.3, -0.25) is 0 Å². The summed E-state index contributed by atoms with van der Waals surface area (Å²) >= 11 is 1.73. The fourth-order valence-corrected chi connectivity index (χ4v) is 2.69. The number of hydrogen-bond acceptors (Lipinski definition) is 3. The van der Waals surface area contributed by atoms with E-state index in [1.807, 2.05) is 19.3 Å². The van der Waals surface area contributed by atoms with Gasteiger partial charge >= 0.3 is 0 Å². The lowest BCUT2D eigenvalue weighted by atomic mass is 10.2. The third-order valence-electron chi connectivity index (χ3n) is 2.65. The van der Waals surface area contributed by atoms with Gasteiger partial charge in [-0.2, -0.15) is 0 Å². The summed E-state index contributed by atoms with van der Waals surface area (Å²) in [5.41, 5.74) is 3.48. The highest BCUT2D eigenvalue weighted by atomic mass is 32.1. The molecule has 0 aliphatic heterocycles. The van der Waals surface area contributed by atoms with Crippen LogP contribution in [0.5, 0.6) is 0 Å². The van der Waals surface area contributed by atoms with Gasteiger partial charge in [-0.15, -0.1) is 11.3 Å². The monoisotopic (exact) mass is 243 g/mol. The van der Waals surface area contributed by atoms with Gasteiger partial charge in [0, 0.05) is 24.6 Å². The molecule has 0 radical (unpaired) electrons. The van der Waals surface area contributed by atoms with E-state index in [1.54, 1.807) is 11.3 Å². The maximum atomic E-state index is 4.45. The molecule has 0 aliphatic rings. The zero-order valence-corrected chi connectivity index (χ0v) is 10.3. The SMILES string of the molecule is Cc1nc2ccc(NCc3cc[nH]c3)cc2s1. The third kappa shape index (κ3) is 2.17. The highest BCUT2D eigenvalue weighted by Crippen LogP contribution is 2.24. The predicted molar refractivity (Wildman–Crippen MR) is 72.5 cm³/mol. The number of H-pyrrole nitrogens is 1. The number of aromatic amines is 1. The Balaban J connectivity index is 1.81. The minimum absolute atomic E-state index is 0.840. The normalized spacial score (nSPS) is 10.9. The molecule has 3 aromatic rings. The van der Waals surface area contributed by atoms with Crippen LogP contribution in [-0.2, 0) is 6.54 Å². The average molecular weight is 243 g/mol. The van der Waals surface area contributed by atoms with Gasteiger partial charge in [0.05, 0.1) is 15.2 Å². The molecule has 1 aromatic carbocycles. The first-order valence-electron chi connectivity index (χ1n) is 5.54. The van der Waals surface area contributed by atoms with E-state index in [-0.39, 0.29) is 0 Å². The number of nitrogens with one attached hydrogen (secondary N) is 2. The molecule has 3 rings (SSSR count). The summed E-state index contributed by atoms with van der Waals surface area (Å²) in [7, 11) is 0. The van der Waals surface area contributed by atoms with E-state index in [0.29, 0.717) is 0 Å². The fraction of sp³-hybridized carbons (Fsp3) is 0.154. The van der Waals surface area contributed by atoms with E-state index < -0.39 is 0 Å². The Labute approximate surface area is 104 Å². The summed E-state index contributed by atoms with van der Waals surface area (Å²) < 4.78 is 1.24. The van der Waals surface area contributed by atoms with E-state index in [1.165, 1.54) is 10.3 Å². The lowest BCUT2D eigenvalue weighted by molar-refractivity contribution is 1.15. The Morgan fingerprint density at radius 1 is 1.35 bits per heavy atom. The summed E-state index contributed by atoms with van der Waals surface area (Å²) in [6, 6.07) is 8.38. The van der Waals surface area contributed by atoms with Crippen LogP contribution in [0.3, 0.4) is 0 Å². The lowest BCUT2D eigenvalue weighted by Gasteiger charge is -2.04. The Bertz CT molecular complexity index is 625. The first-order chi connectivity index (χ1) is 8.31. The van der Waals surface area contributed by atoms with Crippen molar-refractivity contribution in [1.29, 1.82) is 0 Å². The third-order valence-corrected chi connectivity index (χ3v) is 3.59. The number of thiazole rings is 1. The van der Waals surface area contributed by atoms with Crippen molar-refractivity contribution in [2.75, 3.05) is 5.32 Å². The molecule has 2 N–H and O–H groups in total. The Morgan fingerprint density at radius 2 is 2.29 bits per heavy atom. The summed E-state index contributed by atoms with van der Waals surface area (Å²) in [6.07, 6.45) is 3.94. The number of hydrogen-bond donors (Lipinski definition) is 2. The van der Waals surface area contributed by atoms with Crippen LogP contribution in [0.25, 0.3) is 10.2 Å². The molecule has 0 fully saturated rings. The number of aromatic nitrogens is 2. The van der Waals surface area contributed by atoms with Crippen LogP contribution in [0.1, 0.15) is 10.6 Å². The molecular formula is C13H13N3S. The molecule has 0 amide bonds. The maximum Gasteiger partial charge on any atom is 0.0907 e. The second-order valence-electron chi connectivity index (χ2n) is 3.99. The highest BCUT2D eigenvalue weighted by molar-refractivity contribution is 7.18. The van der Waals surface area contributed by atoms with Crippen molar-refractivity contribution in [3.63, 3.8) is 0 Å². The van der Waals surface area contributed by atoms with Crippen LogP contribution in [0.2, 0.25) is 0 Å². The molecule has 0 unspecified atom stereocenters. The van der Waals surface area contributed by atoms with Crippen molar-refractivity contribution >= 4 is 27.2 Å². The number of rotatable bonds is 3. The van der Waals surface area contributed by atoms with E-state index in [2.05, 4.69) is 39.6 Å². The smallest absolute Gasteiger partial charge is 0.0907 e. The summed E-state index contributed by atoms with van der Waals surface area (Å²) in [4.78, 5) is 7.50. The molecule has 4 heteroatoms. The molecule has 0 saturated carbocycles. The molecule has 3 nitrogen and oxygen atoms in total. The molecule has 0 aliphatic carbocycles. The molecule has 86 valence electrons. The number of benzene rings is 1. The first kappa shape index (κ1) is 10.4. The van der Waals surface area contributed by atoms with Gasteiger partial charge in [0.1, 0.15) is 0 Å². The first-order valence-corrected chi connectivity index (χ1v) is 6.36. The van der Waals surface area contributed by atoms with Crippen LogP contribution < -0.4 is 5.32 Å².